The third-order valence-electron chi connectivity index (χ3n) is 2.22. The summed E-state index contributed by atoms with van der Waals surface area (Å²) in [5.41, 5.74) is 2.50. The van der Waals surface area contributed by atoms with E-state index in [9.17, 15) is 0 Å². The van der Waals surface area contributed by atoms with E-state index >= 15 is 0 Å². The van der Waals surface area contributed by atoms with E-state index in [1.54, 1.807) is 7.11 Å². The first-order chi connectivity index (χ1) is 7.22. The summed E-state index contributed by atoms with van der Waals surface area (Å²) in [5.74, 6) is 0.903. The average molecular weight is 205 g/mol. The zero-order valence-corrected chi connectivity index (χ0v) is 9.55. The number of nitrogens with one attached hydrogen (secondary N) is 1. The van der Waals surface area contributed by atoms with Gasteiger partial charge >= 0.3 is 0 Å². The molecule has 0 radical (unpaired) electrons. The fourth-order valence-corrected chi connectivity index (χ4v) is 1.28. The summed E-state index contributed by atoms with van der Waals surface area (Å²) in [6.45, 7) is 7.80. The summed E-state index contributed by atoms with van der Waals surface area (Å²) < 4.78 is 5.09. The van der Waals surface area contributed by atoms with E-state index in [0.29, 0.717) is 0 Å². The van der Waals surface area contributed by atoms with Gasteiger partial charge in [-0.1, -0.05) is 17.7 Å². The molecule has 0 bridgehead atoms. The molecule has 0 fully saturated rings. The normalized spacial score (nSPS) is 10.0. The molecular formula is C13H19NO. The highest BCUT2D eigenvalue weighted by atomic mass is 16.5. The Bertz CT molecular complexity index is 303. The van der Waals surface area contributed by atoms with Crippen molar-refractivity contribution in [3.05, 3.63) is 42.0 Å². The van der Waals surface area contributed by atoms with Crippen molar-refractivity contribution < 1.29 is 4.74 Å². The summed E-state index contributed by atoms with van der Waals surface area (Å²) in [5, 5.41) is 3.37. The van der Waals surface area contributed by atoms with Crippen molar-refractivity contribution in [1.29, 1.82) is 0 Å². The van der Waals surface area contributed by atoms with Crippen molar-refractivity contribution in [3.63, 3.8) is 0 Å². The Labute approximate surface area is 92.0 Å². The maximum absolute atomic E-state index is 5.09. The summed E-state index contributed by atoms with van der Waals surface area (Å²) >= 11 is 0. The van der Waals surface area contributed by atoms with E-state index in [1.807, 2.05) is 12.1 Å². The third kappa shape index (κ3) is 4.66. The van der Waals surface area contributed by atoms with Gasteiger partial charge < -0.3 is 10.1 Å². The van der Waals surface area contributed by atoms with Gasteiger partial charge in [-0.25, -0.2) is 0 Å². The molecule has 0 aliphatic rings. The Morgan fingerprint density at radius 1 is 1.33 bits per heavy atom. The molecule has 0 amide bonds. The maximum Gasteiger partial charge on any atom is 0.118 e. The molecule has 2 heteroatoms. The molecule has 15 heavy (non-hydrogen) atoms. The van der Waals surface area contributed by atoms with Crippen molar-refractivity contribution >= 4 is 0 Å². The van der Waals surface area contributed by atoms with Crippen molar-refractivity contribution in [3.8, 4) is 5.75 Å². The van der Waals surface area contributed by atoms with Crippen LogP contribution in [0.2, 0.25) is 0 Å². The highest BCUT2D eigenvalue weighted by molar-refractivity contribution is 5.26. The number of benzene rings is 1. The minimum Gasteiger partial charge on any atom is -0.497 e. The van der Waals surface area contributed by atoms with Crippen LogP contribution in [0.15, 0.2) is 36.4 Å². The topological polar surface area (TPSA) is 21.3 Å². The fourth-order valence-electron chi connectivity index (χ4n) is 1.28. The zero-order valence-electron chi connectivity index (χ0n) is 9.55. The predicted octanol–water partition coefficient (Wildman–Crippen LogP) is 2.75. The molecule has 1 aromatic carbocycles. The molecule has 82 valence electrons. The minimum atomic E-state index is 0.900. The van der Waals surface area contributed by atoms with Crippen LogP contribution in [0.1, 0.15) is 18.9 Å². The second-order valence-electron chi connectivity index (χ2n) is 3.73. The maximum atomic E-state index is 5.09. The lowest BCUT2D eigenvalue weighted by Crippen LogP contribution is -2.14. The van der Waals surface area contributed by atoms with Crippen molar-refractivity contribution in [2.75, 3.05) is 13.7 Å². The number of ether oxygens (including phenoxy) is 1. The molecule has 0 heterocycles. The van der Waals surface area contributed by atoms with Gasteiger partial charge in [-0.2, -0.15) is 0 Å². The molecule has 0 unspecified atom stereocenters. The minimum absolute atomic E-state index is 0.900. The van der Waals surface area contributed by atoms with Crippen LogP contribution >= 0.6 is 0 Å². The van der Waals surface area contributed by atoms with Crippen LogP contribution in [-0.4, -0.2) is 13.7 Å². The monoisotopic (exact) mass is 205 g/mol. The van der Waals surface area contributed by atoms with Gasteiger partial charge in [-0.3, -0.25) is 0 Å². The van der Waals surface area contributed by atoms with E-state index in [0.717, 1.165) is 25.3 Å². The largest absolute Gasteiger partial charge is 0.497 e. The second-order valence-corrected chi connectivity index (χ2v) is 3.73. The number of hydrogen-bond acceptors (Lipinski definition) is 2. The molecule has 1 N–H and O–H groups in total. The molecular weight excluding hydrogens is 186 g/mol. The molecule has 1 rings (SSSR count). The molecule has 0 spiro atoms. The van der Waals surface area contributed by atoms with Gasteiger partial charge in [0, 0.05) is 6.54 Å². The zero-order chi connectivity index (χ0) is 11.1. The van der Waals surface area contributed by atoms with Gasteiger partial charge in [-0.15, -0.1) is 6.58 Å². The molecule has 1 aromatic rings. The van der Waals surface area contributed by atoms with Gasteiger partial charge in [-0.05, 0) is 37.6 Å². The number of hydrogen-bond donors (Lipinski definition) is 1. The molecule has 0 aliphatic heterocycles. The van der Waals surface area contributed by atoms with Crippen LogP contribution in [0.25, 0.3) is 0 Å². The van der Waals surface area contributed by atoms with E-state index in [-0.39, 0.29) is 0 Å². The molecule has 0 aliphatic carbocycles. The standard InChI is InChI=1S/C13H19NO/c1-11(2)8-9-14-10-12-4-6-13(15-3)7-5-12/h4-7,14H,1,8-10H2,2-3H3. The molecule has 0 saturated heterocycles. The van der Waals surface area contributed by atoms with E-state index in [4.69, 9.17) is 4.74 Å². The Kier molecular flexibility index (Phi) is 4.91. The highest BCUT2D eigenvalue weighted by Gasteiger charge is 1.94. The first kappa shape index (κ1) is 11.8. The van der Waals surface area contributed by atoms with Crippen LogP contribution in [-0.2, 0) is 6.54 Å². The summed E-state index contributed by atoms with van der Waals surface area (Å²) in [7, 11) is 1.68. The fraction of sp³-hybridized carbons (Fsp3) is 0.385. The molecule has 0 saturated carbocycles. The highest BCUT2D eigenvalue weighted by Crippen LogP contribution is 2.10. The van der Waals surface area contributed by atoms with Gasteiger partial charge in [0.1, 0.15) is 5.75 Å². The third-order valence-corrected chi connectivity index (χ3v) is 2.22. The Hall–Kier alpha value is -1.28. The summed E-state index contributed by atoms with van der Waals surface area (Å²) in [6, 6.07) is 8.12. The molecule has 0 aromatic heterocycles. The van der Waals surface area contributed by atoms with Crippen molar-refractivity contribution in [2.45, 2.75) is 19.9 Å². The van der Waals surface area contributed by atoms with Crippen LogP contribution in [0.5, 0.6) is 5.75 Å². The lowest BCUT2D eigenvalue weighted by molar-refractivity contribution is 0.414. The lowest BCUT2D eigenvalue weighted by atomic mass is 10.2. The Morgan fingerprint density at radius 3 is 2.53 bits per heavy atom. The van der Waals surface area contributed by atoms with Gasteiger partial charge in [0.25, 0.3) is 0 Å². The lowest BCUT2D eigenvalue weighted by Gasteiger charge is -2.05. The number of rotatable bonds is 6. The average Bonchev–Trinajstić information content (AvgIpc) is 2.25. The van der Waals surface area contributed by atoms with Crippen LogP contribution in [0.4, 0.5) is 0 Å². The van der Waals surface area contributed by atoms with E-state index in [2.05, 4.69) is 31.0 Å². The van der Waals surface area contributed by atoms with Crippen LogP contribution in [0.3, 0.4) is 0 Å². The first-order valence-electron chi connectivity index (χ1n) is 5.20. The van der Waals surface area contributed by atoms with E-state index in [1.165, 1.54) is 11.1 Å². The van der Waals surface area contributed by atoms with Gasteiger partial charge in [0.05, 0.1) is 7.11 Å². The smallest absolute Gasteiger partial charge is 0.118 e. The Morgan fingerprint density at radius 2 is 2.00 bits per heavy atom. The molecule has 2 nitrogen and oxygen atoms in total. The van der Waals surface area contributed by atoms with Gasteiger partial charge in [0.15, 0.2) is 0 Å². The van der Waals surface area contributed by atoms with Crippen molar-refractivity contribution in [1.82, 2.24) is 5.32 Å². The molecule has 0 atom stereocenters. The predicted molar refractivity (Wildman–Crippen MR) is 64.1 cm³/mol. The van der Waals surface area contributed by atoms with Crippen LogP contribution in [0, 0.1) is 0 Å². The van der Waals surface area contributed by atoms with Gasteiger partial charge in [0.2, 0.25) is 0 Å². The first-order valence-corrected chi connectivity index (χ1v) is 5.20. The quantitative estimate of drug-likeness (QED) is 0.569. The van der Waals surface area contributed by atoms with Crippen molar-refractivity contribution in [2.24, 2.45) is 0 Å². The number of methoxy groups -OCH3 is 1. The summed E-state index contributed by atoms with van der Waals surface area (Å²) in [4.78, 5) is 0. The SMILES string of the molecule is C=C(C)CCNCc1ccc(OC)cc1. The van der Waals surface area contributed by atoms with Crippen LogP contribution < -0.4 is 10.1 Å². The Balaban J connectivity index is 2.28. The van der Waals surface area contributed by atoms with E-state index < -0.39 is 0 Å². The second kappa shape index (κ2) is 6.25. The summed E-state index contributed by atoms with van der Waals surface area (Å²) in [6.07, 6.45) is 1.04.